The average Bonchev–Trinajstić information content (AvgIpc) is 2.94. The van der Waals surface area contributed by atoms with Crippen molar-refractivity contribution < 1.29 is 27.5 Å². The van der Waals surface area contributed by atoms with E-state index in [1.54, 1.807) is 20.8 Å². The summed E-state index contributed by atoms with van der Waals surface area (Å²) < 4.78 is 38.0. The van der Waals surface area contributed by atoms with Crippen LogP contribution < -0.4 is 4.74 Å². The summed E-state index contributed by atoms with van der Waals surface area (Å²) in [6, 6.07) is 4.14. The third kappa shape index (κ3) is 5.32. The Morgan fingerprint density at radius 3 is 2.21 bits per heavy atom. The van der Waals surface area contributed by atoms with E-state index in [1.165, 1.54) is 29.6 Å². The lowest BCUT2D eigenvalue weighted by Crippen LogP contribution is -2.32. The minimum absolute atomic E-state index is 0.0616. The third-order valence-corrected chi connectivity index (χ3v) is 6.67. The van der Waals surface area contributed by atoms with Gasteiger partial charge < -0.3 is 9.47 Å². The quantitative estimate of drug-likeness (QED) is 0.669. The summed E-state index contributed by atoms with van der Waals surface area (Å²) in [4.78, 5) is 24.3. The molecule has 0 unspecified atom stereocenters. The molecule has 1 fully saturated rings. The first-order valence-corrected chi connectivity index (χ1v) is 10.9. The lowest BCUT2D eigenvalue weighted by molar-refractivity contribution is -0.129. The summed E-state index contributed by atoms with van der Waals surface area (Å²) in [5.74, 6) is -0.786. The van der Waals surface area contributed by atoms with Gasteiger partial charge in [0.2, 0.25) is 10.0 Å². The standard InChI is InChI=1S/C20H29NO6S/c1-20(2,3)18(22)14-27-19(23)15-9-10-16(26-4)17(13-15)28(24,25)21-11-7-5-6-8-12-21/h9-10,13H,5-8,11-12,14H2,1-4H3. The highest BCUT2D eigenvalue weighted by Crippen LogP contribution is 2.29. The van der Waals surface area contributed by atoms with E-state index in [-0.39, 0.29) is 28.6 Å². The lowest BCUT2D eigenvalue weighted by Gasteiger charge is -2.21. The topological polar surface area (TPSA) is 90.0 Å². The van der Waals surface area contributed by atoms with Gasteiger partial charge in [-0.1, -0.05) is 33.6 Å². The minimum Gasteiger partial charge on any atom is -0.495 e. The maximum Gasteiger partial charge on any atom is 0.338 e. The van der Waals surface area contributed by atoms with Crippen LogP contribution in [0.25, 0.3) is 0 Å². The van der Waals surface area contributed by atoms with E-state index in [4.69, 9.17) is 9.47 Å². The lowest BCUT2D eigenvalue weighted by atomic mass is 9.91. The zero-order chi connectivity index (χ0) is 20.9. The van der Waals surface area contributed by atoms with Gasteiger partial charge in [0.1, 0.15) is 10.6 Å². The molecule has 0 bridgehead atoms. The van der Waals surface area contributed by atoms with Crippen molar-refractivity contribution in [3.63, 3.8) is 0 Å². The first-order valence-electron chi connectivity index (χ1n) is 9.46. The third-order valence-electron chi connectivity index (χ3n) is 4.75. The van der Waals surface area contributed by atoms with Gasteiger partial charge in [-0.15, -0.1) is 0 Å². The number of esters is 1. The van der Waals surface area contributed by atoms with Gasteiger partial charge in [0.15, 0.2) is 12.4 Å². The number of hydrogen-bond donors (Lipinski definition) is 0. The van der Waals surface area contributed by atoms with Crippen molar-refractivity contribution in [3.05, 3.63) is 23.8 Å². The largest absolute Gasteiger partial charge is 0.495 e. The SMILES string of the molecule is COc1ccc(C(=O)OCC(=O)C(C)(C)C)cc1S(=O)(=O)N1CCCCCC1. The van der Waals surface area contributed by atoms with E-state index in [9.17, 15) is 18.0 Å². The van der Waals surface area contributed by atoms with Gasteiger partial charge in [0, 0.05) is 18.5 Å². The molecule has 8 heteroatoms. The molecule has 0 saturated carbocycles. The van der Waals surface area contributed by atoms with Crippen LogP contribution in [0.5, 0.6) is 5.75 Å². The summed E-state index contributed by atoms with van der Waals surface area (Å²) in [6.45, 7) is 5.75. The van der Waals surface area contributed by atoms with Crippen LogP contribution in [-0.2, 0) is 19.6 Å². The molecule has 1 heterocycles. The Morgan fingerprint density at radius 1 is 1.07 bits per heavy atom. The summed E-state index contributed by atoms with van der Waals surface area (Å²) >= 11 is 0. The minimum atomic E-state index is -3.81. The van der Waals surface area contributed by atoms with Gasteiger partial charge in [-0.05, 0) is 31.0 Å². The predicted octanol–water partition coefficient (Wildman–Crippen LogP) is 3.03. The second-order valence-corrected chi connectivity index (χ2v) is 9.84. The van der Waals surface area contributed by atoms with Gasteiger partial charge in [-0.25, -0.2) is 13.2 Å². The average molecular weight is 412 g/mol. The Kier molecular flexibility index (Phi) is 7.22. The number of ether oxygens (including phenoxy) is 2. The van der Waals surface area contributed by atoms with Crippen LogP contribution in [0.1, 0.15) is 56.8 Å². The number of hydrogen-bond acceptors (Lipinski definition) is 6. The zero-order valence-electron chi connectivity index (χ0n) is 17.0. The van der Waals surface area contributed by atoms with Crippen LogP contribution in [0.4, 0.5) is 0 Å². The maximum absolute atomic E-state index is 13.1. The molecule has 0 N–H and O–H groups in total. The van der Waals surface area contributed by atoms with E-state index in [2.05, 4.69) is 0 Å². The molecular formula is C20H29NO6S. The summed E-state index contributed by atoms with van der Waals surface area (Å²) in [6.07, 6.45) is 3.60. The first-order chi connectivity index (χ1) is 13.1. The van der Waals surface area contributed by atoms with Crippen molar-refractivity contribution in [1.29, 1.82) is 0 Å². The number of carbonyl (C=O) groups is 2. The summed E-state index contributed by atoms with van der Waals surface area (Å²) in [5.41, 5.74) is -0.558. The number of Topliss-reactive ketones (excluding diaryl/α,β-unsaturated/α-hetero) is 1. The molecule has 156 valence electrons. The van der Waals surface area contributed by atoms with Crippen LogP contribution in [-0.4, -0.2) is 51.3 Å². The van der Waals surface area contributed by atoms with Gasteiger partial charge in [0.25, 0.3) is 0 Å². The van der Waals surface area contributed by atoms with Crippen molar-refractivity contribution in [2.45, 2.75) is 51.3 Å². The molecule has 28 heavy (non-hydrogen) atoms. The zero-order valence-corrected chi connectivity index (χ0v) is 17.8. The van der Waals surface area contributed by atoms with Gasteiger partial charge in [-0.2, -0.15) is 4.31 Å². The monoisotopic (exact) mass is 411 g/mol. The van der Waals surface area contributed by atoms with Crippen molar-refractivity contribution in [1.82, 2.24) is 4.31 Å². The van der Waals surface area contributed by atoms with Crippen LogP contribution in [0.15, 0.2) is 23.1 Å². The molecule has 1 aromatic rings. The number of nitrogens with zero attached hydrogens (tertiary/aromatic N) is 1. The van der Waals surface area contributed by atoms with Crippen LogP contribution in [0, 0.1) is 5.41 Å². The highest BCUT2D eigenvalue weighted by Gasteiger charge is 2.30. The second-order valence-electron chi connectivity index (χ2n) is 7.93. The molecule has 1 saturated heterocycles. The molecule has 1 aromatic carbocycles. The molecule has 1 aliphatic rings. The molecule has 0 aliphatic carbocycles. The number of ketones is 1. The van der Waals surface area contributed by atoms with Gasteiger partial charge in [-0.3, -0.25) is 4.79 Å². The van der Waals surface area contributed by atoms with Crippen molar-refractivity contribution >= 4 is 21.8 Å². The maximum atomic E-state index is 13.1. The fraction of sp³-hybridized carbons (Fsp3) is 0.600. The van der Waals surface area contributed by atoms with E-state index in [0.717, 1.165) is 25.7 Å². The van der Waals surface area contributed by atoms with Crippen LogP contribution in [0.3, 0.4) is 0 Å². The predicted molar refractivity (Wildman–Crippen MR) is 105 cm³/mol. The fourth-order valence-corrected chi connectivity index (χ4v) is 4.56. The molecule has 1 aliphatic heterocycles. The molecule has 0 spiro atoms. The summed E-state index contributed by atoms with van der Waals surface area (Å²) in [7, 11) is -2.42. The van der Waals surface area contributed by atoms with Crippen molar-refractivity contribution in [3.8, 4) is 5.75 Å². The number of carbonyl (C=O) groups excluding carboxylic acids is 2. The van der Waals surface area contributed by atoms with Crippen molar-refractivity contribution in [2.75, 3.05) is 26.8 Å². The first kappa shape index (κ1) is 22.4. The van der Waals surface area contributed by atoms with E-state index in [1.807, 2.05) is 0 Å². The smallest absolute Gasteiger partial charge is 0.338 e. The number of benzene rings is 1. The number of rotatable bonds is 6. The molecule has 0 radical (unpaired) electrons. The Morgan fingerprint density at radius 2 is 1.68 bits per heavy atom. The van der Waals surface area contributed by atoms with Gasteiger partial charge in [0.05, 0.1) is 12.7 Å². The molecular weight excluding hydrogens is 382 g/mol. The van der Waals surface area contributed by atoms with Crippen molar-refractivity contribution in [2.24, 2.45) is 5.41 Å². The Balaban J connectivity index is 2.28. The number of sulfonamides is 1. The highest BCUT2D eigenvalue weighted by atomic mass is 32.2. The van der Waals surface area contributed by atoms with Crippen LogP contribution in [0.2, 0.25) is 0 Å². The molecule has 0 aromatic heterocycles. The fourth-order valence-electron chi connectivity index (χ4n) is 2.86. The number of methoxy groups -OCH3 is 1. The second kappa shape index (κ2) is 9.05. The molecule has 0 atom stereocenters. The van der Waals surface area contributed by atoms with Gasteiger partial charge >= 0.3 is 5.97 Å². The molecule has 7 nitrogen and oxygen atoms in total. The summed E-state index contributed by atoms with van der Waals surface area (Å²) in [5, 5.41) is 0. The van der Waals surface area contributed by atoms with E-state index >= 15 is 0 Å². The molecule has 2 rings (SSSR count). The highest BCUT2D eigenvalue weighted by molar-refractivity contribution is 7.89. The Bertz CT molecular complexity index is 818. The van der Waals surface area contributed by atoms with E-state index in [0.29, 0.717) is 13.1 Å². The Hall–Kier alpha value is -1.93. The van der Waals surface area contributed by atoms with E-state index < -0.39 is 21.4 Å². The Labute approximate surface area is 167 Å². The normalized spacial score (nSPS) is 16.3. The molecule has 0 amide bonds. The van der Waals surface area contributed by atoms with Crippen LogP contribution >= 0.6 is 0 Å².